The van der Waals surface area contributed by atoms with E-state index in [1.807, 2.05) is 16.9 Å². The molecule has 0 fully saturated rings. The fraction of sp³-hybridized carbons (Fsp3) is 0.240. The molecule has 34 heavy (non-hydrogen) atoms. The first-order valence-electron chi connectivity index (χ1n) is 11.2. The number of halogens is 2. The van der Waals surface area contributed by atoms with Crippen LogP contribution in [0.2, 0.25) is 0 Å². The number of anilines is 4. The van der Waals surface area contributed by atoms with E-state index >= 15 is 0 Å². The Balaban J connectivity index is 1.51. The monoisotopic (exact) mass is 461 g/mol. The van der Waals surface area contributed by atoms with E-state index < -0.39 is 11.6 Å². The molecule has 7 nitrogen and oxygen atoms in total. The van der Waals surface area contributed by atoms with Crippen LogP contribution in [0.4, 0.5) is 31.9 Å². The van der Waals surface area contributed by atoms with E-state index in [0.717, 1.165) is 42.4 Å². The summed E-state index contributed by atoms with van der Waals surface area (Å²) in [7, 11) is 0. The fourth-order valence-electron chi connectivity index (χ4n) is 3.96. The third-order valence-corrected chi connectivity index (χ3v) is 5.70. The van der Waals surface area contributed by atoms with Crippen LogP contribution in [0.3, 0.4) is 0 Å². The maximum atomic E-state index is 13.6. The second kappa shape index (κ2) is 9.18. The molecule has 2 aromatic carbocycles. The van der Waals surface area contributed by atoms with Crippen molar-refractivity contribution in [2.24, 2.45) is 0 Å². The molecule has 174 valence electrons. The standard InChI is InChI=1S/C25H25F2N7/c1-15(2)34-14-18(12-30-34)23-13-29-25(32-22-9-19(26)8-20(27)10-22)33-24(23)31-21-4-3-16-5-6-28-11-17(16)7-21/h3-4,7-10,12-15,28H,5-6,11H2,1-2H3,(H2,29,31,32,33). The summed E-state index contributed by atoms with van der Waals surface area (Å²) in [5.41, 5.74) is 5.32. The lowest BCUT2D eigenvalue weighted by Gasteiger charge is -2.19. The van der Waals surface area contributed by atoms with Crippen LogP contribution in [0.25, 0.3) is 11.1 Å². The van der Waals surface area contributed by atoms with Gasteiger partial charge in [0.05, 0.1) is 6.20 Å². The van der Waals surface area contributed by atoms with Gasteiger partial charge in [0.2, 0.25) is 5.95 Å². The minimum atomic E-state index is -0.679. The third kappa shape index (κ3) is 4.74. The van der Waals surface area contributed by atoms with Crippen molar-refractivity contribution in [1.82, 2.24) is 25.1 Å². The summed E-state index contributed by atoms with van der Waals surface area (Å²) in [6.45, 7) is 5.91. The van der Waals surface area contributed by atoms with Gasteiger partial charge < -0.3 is 16.0 Å². The zero-order valence-electron chi connectivity index (χ0n) is 18.9. The molecule has 1 aliphatic heterocycles. The molecule has 0 unspecified atom stereocenters. The normalized spacial score (nSPS) is 13.1. The van der Waals surface area contributed by atoms with Crippen molar-refractivity contribution < 1.29 is 8.78 Å². The van der Waals surface area contributed by atoms with Crippen LogP contribution in [0.1, 0.15) is 31.0 Å². The lowest BCUT2D eigenvalue weighted by Crippen LogP contribution is -2.23. The summed E-state index contributed by atoms with van der Waals surface area (Å²) in [6, 6.07) is 9.68. The first-order chi connectivity index (χ1) is 16.4. The average Bonchev–Trinajstić information content (AvgIpc) is 3.29. The molecule has 3 N–H and O–H groups in total. The van der Waals surface area contributed by atoms with Gasteiger partial charge in [0.15, 0.2) is 0 Å². The van der Waals surface area contributed by atoms with Gasteiger partial charge in [0.25, 0.3) is 0 Å². The van der Waals surface area contributed by atoms with E-state index in [2.05, 4.69) is 57.0 Å². The Morgan fingerprint density at radius 2 is 1.79 bits per heavy atom. The molecule has 2 aromatic heterocycles. The molecule has 0 bridgehead atoms. The van der Waals surface area contributed by atoms with Crippen LogP contribution in [0, 0.1) is 11.6 Å². The van der Waals surface area contributed by atoms with E-state index in [9.17, 15) is 8.78 Å². The molecule has 0 saturated heterocycles. The summed E-state index contributed by atoms with van der Waals surface area (Å²) >= 11 is 0. The molecule has 0 radical (unpaired) electrons. The molecule has 0 spiro atoms. The number of hydrogen-bond acceptors (Lipinski definition) is 6. The minimum Gasteiger partial charge on any atom is -0.340 e. The zero-order valence-corrected chi connectivity index (χ0v) is 18.9. The maximum absolute atomic E-state index is 13.6. The van der Waals surface area contributed by atoms with Gasteiger partial charge in [-0.1, -0.05) is 6.07 Å². The van der Waals surface area contributed by atoms with Crippen molar-refractivity contribution in [3.05, 3.63) is 77.8 Å². The second-order valence-corrected chi connectivity index (χ2v) is 8.58. The van der Waals surface area contributed by atoms with Gasteiger partial charge in [-0.3, -0.25) is 4.68 Å². The topological polar surface area (TPSA) is 79.7 Å². The summed E-state index contributed by atoms with van der Waals surface area (Å²) < 4.78 is 29.1. The van der Waals surface area contributed by atoms with Crippen molar-refractivity contribution in [3.8, 4) is 11.1 Å². The van der Waals surface area contributed by atoms with Crippen molar-refractivity contribution in [2.45, 2.75) is 32.9 Å². The Morgan fingerprint density at radius 3 is 2.56 bits per heavy atom. The molecule has 4 aromatic rings. The highest BCUT2D eigenvalue weighted by Gasteiger charge is 2.15. The second-order valence-electron chi connectivity index (χ2n) is 8.58. The molecule has 0 amide bonds. The van der Waals surface area contributed by atoms with Crippen LogP contribution >= 0.6 is 0 Å². The third-order valence-electron chi connectivity index (χ3n) is 5.70. The Morgan fingerprint density at radius 1 is 0.971 bits per heavy atom. The van der Waals surface area contributed by atoms with E-state index in [1.54, 1.807) is 12.4 Å². The van der Waals surface area contributed by atoms with E-state index in [4.69, 9.17) is 0 Å². The Bertz CT molecular complexity index is 1310. The molecule has 9 heteroatoms. The lowest BCUT2D eigenvalue weighted by molar-refractivity contribution is 0.532. The van der Waals surface area contributed by atoms with Crippen molar-refractivity contribution in [3.63, 3.8) is 0 Å². The number of hydrogen-bond donors (Lipinski definition) is 3. The molecular formula is C25H25F2N7. The van der Waals surface area contributed by atoms with E-state index in [-0.39, 0.29) is 17.7 Å². The van der Waals surface area contributed by atoms with Gasteiger partial charge in [-0.2, -0.15) is 10.1 Å². The van der Waals surface area contributed by atoms with Crippen LogP contribution in [-0.4, -0.2) is 26.3 Å². The molecule has 3 heterocycles. The molecule has 5 rings (SSSR count). The first kappa shape index (κ1) is 22.0. The highest BCUT2D eigenvalue weighted by molar-refractivity contribution is 5.78. The van der Waals surface area contributed by atoms with Crippen molar-refractivity contribution >= 4 is 23.1 Å². The molecule has 1 aliphatic rings. The number of rotatable bonds is 6. The van der Waals surface area contributed by atoms with Gasteiger partial charge >= 0.3 is 0 Å². The van der Waals surface area contributed by atoms with Crippen LogP contribution in [0.15, 0.2) is 55.0 Å². The van der Waals surface area contributed by atoms with Gasteiger partial charge in [-0.15, -0.1) is 0 Å². The predicted molar refractivity (Wildman–Crippen MR) is 128 cm³/mol. The molecule has 0 aliphatic carbocycles. The maximum Gasteiger partial charge on any atom is 0.229 e. The number of benzene rings is 2. The van der Waals surface area contributed by atoms with Gasteiger partial charge in [0.1, 0.15) is 17.5 Å². The lowest BCUT2D eigenvalue weighted by atomic mass is 10.0. The smallest absolute Gasteiger partial charge is 0.229 e. The summed E-state index contributed by atoms with van der Waals surface area (Å²) in [5.74, 6) is -0.587. The van der Waals surface area contributed by atoms with Crippen LogP contribution in [0.5, 0.6) is 0 Å². The van der Waals surface area contributed by atoms with Gasteiger partial charge in [-0.05, 0) is 62.2 Å². The number of aromatic nitrogens is 4. The van der Waals surface area contributed by atoms with Gasteiger partial charge in [0, 0.05) is 53.5 Å². The predicted octanol–water partition coefficient (Wildman–Crippen LogP) is 5.33. The minimum absolute atomic E-state index is 0.211. The Hall–Kier alpha value is -3.85. The van der Waals surface area contributed by atoms with Crippen LogP contribution in [-0.2, 0) is 13.0 Å². The Kier molecular flexibility index (Phi) is 5.93. The van der Waals surface area contributed by atoms with Gasteiger partial charge in [-0.25, -0.2) is 13.8 Å². The molecule has 0 atom stereocenters. The summed E-state index contributed by atoms with van der Waals surface area (Å²) in [5, 5.41) is 14.1. The number of nitrogens with zero attached hydrogens (tertiary/aromatic N) is 4. The fourth-order valence-corrected chi connectivity index (χ4v) is 3.96. The number of fused-ring (bicyclic) bond motifs is 1. The van der Waals surface area contributed by atoms with Crippen LogP contribution < -0.4 is 16.0 Å². The zero-order chi connectivity index (χ0) is 23.7. The summed E-state index contributed by atoms with van der Waals surface area (Å²) in [4.78, 5) is 9.02. The first-order valence-corrected chi connectivity index (χ1v) is 11.2. The summed E-state index contributed by atoms with van der Waals surface area (Å²) in [6.07, 6.45) is 6.39. The average molecular weight is 462 g/mol. The molecular weight excluding hydrogens is 436 g/mol. The van der Waals surface area contributed by atoms with E-state index in [0.29, 0.717) is 5.82 Å². The largest absolute Gasteiger partial charge is 0.340 e. The SMILES string of the molecule is CC(C)n1cc(-c2cnc(Nc3cc(F)cc(F)c3)nc2Nc2ccc3c(c2)CNCC3)cn1. The van der Waals surface area contributed by atoms with Crippen molar-refractivity contribution in [1.29, 1.82) is 0 Å². The van der Waals surface area contributed by atoms with Crippen molar-refractivity contribution in [2.75, 3.05) is 17.2 Å². The van der Waals surface area contributed by atoms with E-state index in [1.165, 1.54) is 23.3 Å². The Labute approximate surface area is 196 Å². The highest BCUT2D eigenvalue weighted by atomic mass is 19.1. The quantitative estimate of drug-likeness (QED) is 0.360. The highest BCUT2D eigenvalue weighted by Crippen LogP contribution is 2.31. The number of nitrogens with one attached hydrogen (secondary N) is 3. The molecule has 0 saturated carbocycles.